The smallest absolute Gasteiger partial charge is 0.331 e. The highest BCUT2D eigenvalue weighted by Crippen LogP contribution is 2.20. The molecule has 0 aliphatic carbocycles. The number of nitrogens with zero attached hydrogens (tertiary/aromatic N) is 3. The molecule has 3 rings (SSSR count). The van der Waals surface area contributed by atoms with Crippen LogP contribution in [0.1, 0.15) is 50.0 Å². The maximum absolute atomic E-state index is 12.9. The van der Waals surface area contributed by atoms with Gasteiger partial charge in [0.2, 0.25) is 5.91 Å². The van der Waals surface area contributed by atoms with Gasteiger partial charge in [-0.05, 0) is 62.1 Å². The Morgan fingerprint density at radius 3 is 2.35 bits per heavy atom. The van der Waals surface area contributed by atoms with E-state index in [-0.39, 0.29) is 59.4 Å². The molecule has 0 saturated carbocycles. The first-order valence-corrected chi connectivity index (χ1v) is 12.5. The van der Waals surface area contributed by atoms with Gasteiger partial charge in [-0.3, -0.25) is 23.5 Å². The standard InChI is InChI=1S/C27H30ClN5O4/c1-5-32-23-10-9-20(13-21(23)26(36)33(6-2)27(32)37)31-24(34)12-19(16(3)4)15-30-25(35)17-7-8-18(14-29)22(28)11-17/h7-11,13,16,19H,5-6,12,15H2,1-4H3,(H,30,35)(H,31,34). The zero-order valence-corrected chi connectivity index (χ0v) is 22.1. The normalized spacial score (nSPS) is 11.8. The Kier molecular flexibility index (Phi) is 8.90. The fourth-order valence-corrected chi connectivity index (χ4v) is 4.38. The second-order valence-corrected chi connectivity index (χ2v) is 9.49. The van der Waals surface area contributed by atoms with Crippen LogP contribution in [-0.4, -0.2) is 27.5 Å². The first-order chi connectivity index (χ1) is 17.6. The molecule has 2 aromatic carbocycles. The van der Waals surface area contributed by atoms with Gasteiger partial charge in [0.15, 0.2) is 0 Å². The molecule has 0 aliphatic rings. The van der Waals surface area contributed by atoms with Crippen molar-refractivity contribution in [3.63, 3.8) is 0 Å². The summed E-state index contributed by atoms with van der Waals surface area (Å²) >= 11 is 6.03. The molecule has 0 bridgehead atoms. The van der Waals surface area contributed by atoms with Crippen molar-refractivity contribution in [1.82, 2.24) is 14.5 Å². The van der Waals surface area contributed by atoms with E-state index in [4.69, 9.17) is 16.9 Å². The topological polar surface area (TPSA) is 126 Å². The van der Waals surface area contributed by atoms with Crippen molar-refractivity contribution in [2.24, 2.45) is 11.8 Å². The largest absolute Gasteiger partial charge is 0.352 e. The first kappa shape index (κ1) is 27.7. The van der Waals surface area contributed by atoms with Gasteiger partial charge < -0.3 is 10.6 Å². The van der Waals surface area contributed by atoms with Crippen molar-refractivity contribution in [2.75, 3.05) is 11.9 Å². The van der Waals surface area contributed by atoms with Crippen LogP contribution in [-0.2, 0) is 17.9 Å². The number of amides is 2. The number of anilines is 1. The number of carbonyl (C=O) groups is 2. The summed E-state index contributed by atoms with van der Waals surface area (Å²) in [5.41, 5.74) is 0.840. The summed E-state index contributed by atoms with van der Waals surface area (Å²) in [6.45, 7) is 8.44. The maximum Gasteiger partial charge on any atom is 0.331 e. The van der Waals surface area contributed by atoms with E-state index in [0.717, 1.165) is 0 Å². The van der Waals surface area contributed by atoms with E-state index in [0.29, 0.717) is 28.7 Å². The predicted molar refractivity (Wildman–Crippen MR) is 144 cm³/mol. The summed E-state index contributed by atoms with van der Waals surface area (Å²) in [7, 11) is 0. The zero-order chi connectivity index (χ0) is 27.3. The van der Waals surface area contributed by atoms with Crippen molar-refractivity contribution in [3.8, 4) is 6.07 Å². The van der Waals surface area contributed by atoms with Gasteiger partial charge in [0.25, 0.3) is 11.5 Å². The van der Waals surface area contributed by atoms with Crippen molar-refractivity contribution in [1.29, 1.82) is 5.26 Å². The molecular formula is C27H30ClN5O4. The Labute approximate surface area is 219 Å². The van der Waals surface area contributed by atoms with E-state index in [1.807, 2.05) is 26.8 Å². The van der Waals surface area contributed by atoms with Crippen molar-refractivity contribution in [2.45, 2.75) is 47.2 Å². The summed E-state index contributed by atoms with van der Waals surface area (Å²) in [4.78, 5) is 50.9. The number of hydrogen-bond acceptors (Lipinski definition) is 5. The SMILES string of the molecule is CCn1c(=O)c2cc(NC(=O)CC(CNC(=O)c3ccc(C#N)c(Cl)c3)C(C)C)ccc2n(CC)c1=O. The molecule has 2 N–H and O–H groups in total. The number of hydrogen-bond donors (Lipinski definition) is 2. The van der Waals surface area contributed by atoms with Gasteiger partial charge in [-0.15, -0.1) is 0 Å². The van der Waals surface area contributed by atoms with Crippen molar-refractivity contribution < 1.29 is 9.59 Å². The number of rotatable bonds is 9. The lowest BCUT2D eigenvalue weighted by atomic mass is 9.92. The monoisotopic (exact) mass is 523 g/mol. The number of halogens is 1. The van der Waals surface area contributed by atoms with Crippen molar-refractivity contribution in [3.05, 3.63) is 73.4 Å². The molecule has 1 atom stereocenters. The Hall–Kier alpha value is -3.90. The minimum Gasteiger partial charge on any atom is -0.352 e. The van der Waals surface area contributed by atoms with Crippen LogP contribution < -0.4 is 21.9 Å². The van der Waals surface area contributed by atoms with Gasteiger partial charge in [-0.2, -0.15) is 5.26 Å². The third-order valence-corrected chi connectivity index (χ3v) is 6.72. The maximum atomic E-state index is 12.9. The van der Waals surface area contributed by atoms with Gasteiger partial charge >= 0.3 is 5.69 Å². The number of aromatic nitrogens is 2. The van der Waals surface area contributed by atoms with E-state index in [1.165, 1.54) is 27.3 Å². The molecular weight excluding hydrogens is 494 g/mol. The molecule has 0 fully saturated rings. The fourth-order valence-electron chi connectivity index (χ4n) is 4.15. The highest BCUT2D eigenvalue weighted by Gasteiger charge is 2.20. The lowest BCUT2D eigenvalue weighted by Crippen LogP contribution is -2.39. The predicted octanol–water partition coefficient (Wildman–Crippen LogP) is 3.76. The molecule has 194 valence electrons. The van der Waals surface area contributed by atoms with Crippen LogP contribution in [0.5, 0.6) is 0 Å². The van der Waals surface area contributed by atoms with E-state index < -0.39 is 5.56 Å². The molecule has 2 amide bonds. The Morgan fingerprint density at radius 2 is 1.76 bits per heavy atom. The van der Waals surface area contributed by atoms with E-state index in [2.05, 4.69) is 10.6 Å². The van der Waals surface area contributed by atoms with Crippen LogP contribution in [0.3, 0.4) is 0 Å². The third kappa shape index (κ3) is 6.09. The van der Waals surface area contributed by atoms with Gasteiger partial charge in [0.1, 0.15) is 6.07 Å². The van der Waals surface area contributed by atoms with Gasteiger partial charge in [0.05, 0.1) is 21.5 Å². The number of carbonyl (C=O) groups excluding carboxylic acids is 2. The highest BCUT2D eigenvalue weighted by atomic mass is 35.5. The number of fused-ring (bicyclic) bond motifs is 1. The molecule has 10 heteroatoms. The lowest BCUT2D eigenvalue weighted by Gasteiger charge is -2.21. The second-order valence-electron chi connectivity index (χ2n) is 9.08. The van der Waals surface area contributed by atoms with Crippen LogP contribution in [0.4, 0.5) is 5.69 Å². The Bertz CT molecular complexity index is 1500. The number of nitrogens with one attached hydrogen (secondary N) is 2. The summed E-state index contributed by atoms with van der Waals surface area (Å²) < 4.78 is 2.71. The minimum atomic E-state index is -0.394. The van der Waals surface area contributed by atoms with Crippen LogP contribution in [0.2, 0.25) is 5.02 Å². The molecule has 37 heavy (non-hydrogen) atoms. The molecule has 1 aromatic heterocycles. The van der Waals surface area contributed by atoms with Crippen LogP contribution in [0.25, 0.3) is 10.9 Å². The molecule has 1 unspecified atom stereocenters. The molecule has 0 saturated heterocycles. The first-order valence-electron chi connectivity index (χ1n) is 12.2. The number of benzene rings is 2. The molecule has 0 radical (unpaired) electrons. The minimum absolute atomic E-state index is 0.1000. The average molecular weight is 524 g/mol. The average Bonchev–Trinajstić information content (AvgIpc) is 2.87. The van der Waals surface area contributed by atoms with Gasteiger partial charge in [-0.1, -0.05) is 25.4 Å². The highest BCUT2D eigenvalue weighted by molar-refractivity contribution is 6.32. The third-order valence-electron chi connectivity index (χ3n) is 6.41. The Morgan fingerprint density at radius 1 is 1.05 bits per heavy atom. The van der Waals surface area contributed by atoms with E-state index in [1.54, 1.807) is 25.1 Å². The van der Waals surface area contributed by atoms with E-state index >= 15 is 0 Å². The van der Waals surface area contributed by atoms with E-state index in [9.17, 15) is 19.2 Å². The Balaban J connectivity index is 1.73. The van der Waals surface area contributed by atoms with Gasteiger partial charge in [0, 0.05) is 37.3 Å². The van der Waals surface area contributed by atoms with Crippen LogP contribution >= 0.6 is 11.6 Å². The number of aryl methyl sites for hydroxylation is 1. The zero-order valence-electron chi connectivity index (χ0n) is 21.3. The molecule has 9 nitrogen and oxygen atoms in total. The summed E-state index contributed by atoms with van der Waals surface area (Å²) in [6.07, 6.45) is 0.151. The lowest BCUT2D eigenvalue weighted by molar-refractivity contribution is -0.117. The summed E-state index contributed by atoms with van der Waals surface area (Å²) in [5, 5.41) is 15.2. The molecule has 0 aliphatic heterocycles. The second kappa shape index (κ2) is 11.9. The fraction of sp³-hybridized carbons (Fsp3) is 0.370. The van der Waals surface area contributed by atoms with Gasteiger partial charge in [-0.25, -0.2) is 4.79 Å². The molecule has 1 heterocycles. The summed E-state index contributed by atoms with van der Waals surface area (Å²) in [5.74, 6) is -0.654. The number of nitriles is 1. The van der Waals surface area contributed by atoms with Crippen LogP contribution in [0, 0.1) is 23.2 Å². The molecule has 0 spiro atoms. The quantitative estimate of drug-likeness (QED) is 0.441. The van der Waals surface area contributed by atoms with Crippen LogP contribution in [0.15, 0.2) is 46.0 Å². The summed E-state index contributed by atoms with van der Waals surface area (Å²) in [6, 6.07) is 11.3. The molecule has 3 aromatic rings. The van der Waals surface area contributed by atoms with Crippen molar-refractivity contribution >= 4 is 40.0 Å².